The van der Waals surface area contributed by atoms with Gasteiger partial charge in [-0.25, -0.2) is 4.79 Å². The van der Waals surface area contributed by atoms with Gasteiger partial charge in [0, 0.05) is 11.8 Å². The van der Waals surface area contributed by atoms with Gasteiger partial charge in [-0.15, -0.1) is 0 Å². The fourth-order valence-corrected chi connectivity index (χ4v) is 2.59. The minimum Gasteiger partial charge on any atom is -0.493 e. The zero-order valence-electron chi connectivity index (χ0n) is 17.1. The first kappa shape index (κ1) is 22.7. The van der Waals surface area contributed by atoms with Crippen LogP contribution in [0.25, 0.3) is 0 Å². The second kappa shape index (κ2) is 10.8. The second-order valence-electron chi connectivity index (χ2n) is 6.23. The average molecular weight is 416 g/mol. The molecule has 0 atom stereocenters. The van der Waals surface area contributed by atoms with Crippen molar-refractivity contribution in [2.75, 3.05) is 25.6 Å². The lowest BCUT2D eigenvalue weighted by molar-refractivity contribution is -0.385. The summed E-state index contributed by atoms with van der Waals surface area (Å²) in [6.45, 7) is 4.38. The van der Waals surface area contributed by atoms with Crippen molar-refractivity contribution in [2.24, 2.45) is 0 Å². The van der Waals surface area contributed by atoms with E-state index in [1.807, 2.05) is 6.92 Å². The van der Waals surface area contributed by atoms with E-state index in [2.05, 4.69) is 5.32 Å². The number of hydrogen-bond acceptors (Lipinski definition) is 7. The smallest absolute Gasteiger partial charge is 0.338 e. The molecule has 30 heavy (non-hydrogen) atoms. The highest BCUT2D eigenvalue weighted by atomic mass is 16.6. The molecule has 9 heteroatoms. The zero-order chi connectivity index (χ0) is 22.1. The summed E-state index contributed by atoms with van der Waals surface area (Å²) in [5, 5.41) is 14.0. The molecule has 1 amide bonds. The number of anilines is 1. The minimum atomic E-state index is -0.691. The summed E-state index contributed by atoms with van der Waals surface area (Å²) in [5.74, 6) is -0.760. The summed E-state index contributed by atoms with van der Waals surface area (Å²) >= 11 is 0. The van der Waals surface area contributed by atoms with Gasteiger partial charge in [-0.2, -0.15) is 0 Å². The lowest BCUT2D eigenvalue weighted by Crippen LogP contribution is -2.15. The molecule has 0 fully saturated rings. The molecule has 1 N–H and O–H groups in total. The van der Waals surface area contributed by atoms with Gasteiger partial charge in [-0.05, 0) is 37.6 Å². The summed E-state index contributed by atoms with van der Waals surface area (Å²) in [7, 11) is 1.36. The molecule has 2 rings (SSSR count). The molecule has 2 aromatic carbocycles. The normalized spacial score (nSPS) is 10.2. The molecule has 0 heterocycles. The van der Waals surface area contributed by atoms with Gasteiger partial charge in [0.1, 0.15) is 5.56 Å². The number of nitrogens with one attached hydrogen (secondary N) is 1. The number of nitrogens with zero attached hydrogens (tertiary/aromatic N) is 1. The molecule has 9 nitrogen and oxygen atoms in total. The van der Waals surface area contributed by atoms with Crippen LogP contribution in [-0.2, 0) is 4.74 Å². The van der Waals surface area contributed by atoms with Crippen LogP contribution in [0.15, 0.2) is 36.4 Å². The van der Waals surface area contributed by atoms with Crippen LogP contribution in [0.3, 0.4) is 0 Å². The van der Waals surface area contributed by atoms with E-state index in [0.29, 0.717) is 24.5 Å². The third kappa shape index (κ3) is 5.69. The van der Waals surface area contributed by atoms with Crippen LogP contribution < -0.4 is 14.8 Å². The lowest BCUT2D eigenvalue weighted by Gasteiger charge is -2.12. The van der Waals surface area contributed by atoms with Gasteiger partial charge in [0.2, 0.25) is 0 Å². The Balaban J connectivity index is 2.21. The largest absolute Gasteiger partial charge is 0.493 e. The first-order valence-electron chi connectivity index (χ1n) is 9.49. The molecule has 0 aliphatic rings. The zero-order valence-corrected chi connectivity index (χ0v) is 17.1. The van der Waals surface area contributed by atoms with Gasteiger partial charge in [0.05, 0.1) is 36.9 Å². The summed E-state index contributed by atoms with van der Waals surface area (Å²) in [4.78, 5) is 35.4. The molecule has 0 bridgehead atoms. The lowest BCUT2D eigenvalue weighted by atomic mass is 10.1. The monoisotopic (exact) mass is 416 g/mol. The highest BCUT2D eigenvalue weighted by Crippen LogP contribution is 2.35. The Labute approximate surface area is 174 Å². The highest BCUT2D eigenvalue weighted by Gasteiger charge is 2.25. The Morgan fingerprint density at radius 3 is 2.37 bits per heavy atom. The number of hydrogen-bond donors (Lipinski definition) is 1. The summed E-state index contributed by atoms with van der Waals surface area (Å²) in [6.07, 6.45) is 1.70. The number of carbonyl (C=O) groups excluding carboxylic acids is 2. The van der Waals surface area contributed by atoms with Gasteiger partial charge in [-0.3, -0.25) is 14.9 Å². The van der Waals surface area contributed by atoms with Gasteiger partial charge in [-0.1, -0.05) is 13.3 Å². The Bertz CT molecular complexity index is 910. The van der Waals surface area contributed by atoms with Crippen molar-refractivity contribution in [1.29, 1.82) is 0 Å². The predicted molar refractivity (Wildman–Crippen MR) is 110 cm³/mol. The maximum Gasteiger partial charge on any atom is 0.338 e. The van der Waals surface area contributed by atoms with Crippen molar-refractivity contribution in [1.82, 2.24) is 0 Å². The number of methoxy groups -OCH3 is 1. The number of amides is 1. The summed E-state index contributed by atoms with van der Waals surface area (Å²) < 4.78 is 15.6. The van der Waals surface area contributed by atoms with Crippen LogP contribution in [0.2, 0.25) is 0 Å². The van der Waals surface area contributed by atoms with Gasteiger partial charge >= 0.3 is 5.97 Å². The topological polar surface area (TPSA) is 117 Å². The molecule has 0 spiro atoms. The maximum atomic E-state index is 12.7. The molecule has 0 unspecified atom stereocenters. The Hall–Kier alpha value is -3.62. The van der Waals surface area contributed by atoms with Crippen molar-refractivity contribution >= 4 is 23.3 Å². The van der Waals surface area contributed by atoms with Crippen LogP contribution in [0.1, 0.15) is 47.4 Å². The van der Waals surface area contributed by atoms with E-state index in [0.717, 1.165) is 18.9 Å². The number of ether oxygens (including phenoxy) is 3. The quantitative estimate of drug-likeness (QED) is 0.267. The number of nitro benzene ring substituents is 1. The Morgan fingerprint density at radius 1 is 1.10 bits per heavy atom. The van der Waals surface area contributed by atoms with E-state index in [1.165, 1.54) is 37.4 Å². The number of rotatable bonds is 10. The van der Waals surface area contributed by atoms with Crippen LogP contribution in [-0.4, -0.2) is 37.1 Å². The van der Waals surface area contributed by atoms with Crippen molar-refractivity contribution in [3.8, 4) is 11.5 Å². The van der Waals surface area contributed by atoms with E-state index in [-0.39, 0.29) is 17.1 Å². The minimum absolute atomic E-state index is 0.158. The Morgan fingerprint density at radius 2 is 1.80 bits per heavy atom. The van der Waals surface area contributed by atoms with E-state index in [4.69, 9.17) is 14.2 Å². The van der Waals surface area contributed by atoms with Crippen molar-refractivity contribution in [3.05, 3.63) is 57.6 Å². The average Bonchev–Trinajstić information content (AvgIpc) is 2.74. The van der Waals surface area contributed by atoms with E-state index in [1.54, 1.807) is 6.92 Å². The third-order valence-electron chi connectivity index (χ3n) is 4.13. The first-order valence-corrected chi connectivity index (χ1v) is 9.49. The standard InChI is InChI=1S/C21H24N2O7/c1-4-6-11-30-21(25)14-7-9-15(10-8-14)22-20(24)16-12-19(29-5-2)18(28-3)13-17(16)23(26)27/h7-10,12-13H,4-6,11H2,1-3H3,(H,22,24). The van der Waals surface area contributed by atoms with Crippen LogP contribution in [0, 0.1) is 10.1 Å². The fraction of sp³-hybridized carbons (Fsp3) is 0.333. The molecule has 0 aliphatic heterocycles. The van der Waals surface area contributed by atoms with E-state index < -0.39 is 22.5 Å². The third-order valence-corrected chi connectivity index (χ3v) is 4.13. The number of benzene rings is 2. The predicted octanol–water partition coefficient (Wildman–Crippen LogP) is 4.21. The number of unbranched alkanes of at least 4 members (excludes halogenated alkanes) is 1. The molecule has 0 aliphatic carbocycles. The number of esters is 1. The molecule has 0 radical (unpaired) electrons. The molecule has 0 aromatic heterocycles. The summed E-state index contributed by atoms with van der Waals surface area (Å²) in [6, 6.07) is 8.49. The maximum absolute atomic E-state index is 12.7. The van der Waals surface area contributed by atoms with E-state index >= 15 is 0 Å². The SMILES string of the molecule is CCCCOC(=O)c1ccc(NC(=O)c2cc(OCC)c(OC)cc2[N+](=O)[O-])cc1. The van der Waals surface area contributed by atoms with Gasteiger partial charge < -0.3 is 19.5 Å². The van der Waals surface area contributed by atoms with Crippen LogP contribution in [0.4, 0.5) is 11.4 Å². The fourth-order valence-electron chi connectivity index (χ4n) is 2.59. The van der Waals surface area contributed by atoms with Gasteiger partial charge in [0.15, 0.2) is 11.5 Å². The molecular weight excluding hydrogens is 392 g/mol. The molecule has 0 saturated heterocycles. The highest BCUT2D eigenvalue weighted by molar-refractivity contribution is 6.07. The van der Waals surface area contributed by atoms with Crippen molar-refractivity contribution in [3.63, 3.8) is 0 Å². The van der Waals surface area contributed by atoms with Crippen molar-refractivity contribution in [2.45, 2.75) is 26.7 Å². The van der Waals surface area contributed by atoms with Crippen molar-refractivity contribution < 1.29 is 28.7 Å². The Kier molecular flexibility index (Phi) is 8.16. The number of nitro groups is 1. The number of carbonyl (C=O) groups is 2. The van der Waals surface area contributed by atoms with Crippen LogP contribution in [0.5, 0.6) is 11.5 Å². The molecule has 160 valence electrons. The molecule has 0 saturated carbocycles. The summed E-state index contributed by atoms with van der Waals surface area (Å²) in [5.41, 5.74) is 0.127. The molecular formula is C21H24N2O7. The first-order chi connectivity index (χ1) is 14.4. The second-order valence-corrected chi connectivity index (χ2v) is 6.23. The van der Waals surface area contributed by atoms with Crippen LogP contribution >= 0.6 is 0 Å². The van der Waals surface area contributed by atoms with E-state index in [9.17, 15) is 19.7 Å². The molecule has 2 aromatic rings. The van der Waals surface area contributed by atoms with Gasteiger partial charge in [0.25, 0.3) is 11.6 Å².